The highest BCUT2D eigenvalue weighted by Crippen LogP contribution is 2.36. The first-order valence-corrected chi connectivity index (χ1v) is 4.25. The van der Waals surface area contributed by atoms with E-state index in [4.69, 9.17) is 5.73 Å². The molecule has 1 aromatic rings. The van der Waals surface area contributed by atoms with Crippen LogP contribution in [0.2, 0.25) is 0 Å². The van der Waals surface area contributed by atoms with Gasteiger partial charge in [0.1, 0.15) is 6.33 Å². The highest BCUT2D eigenvalue weighted by atomic mass is 19.3. The average Bonchev–Trinajstić information content (AvgIpc) is 2.31. The van der Waals surface area contributed by atoms with Crippen LogP contribution in [0.3, 0.4) is 0 Å². The summed E-state index contributed by atoms with van der Waals surface area (Å²) in [5.41, 5.74) is 4.10. The number of nitrogens with two attached hydrogens (primary N) is 1. The molecule has 0 saturated heterocycles. The fraction of sp³-hybridized carbons (Fsp3) is 0.750. The van der Waals surface area contributed by atoms with E-state index in [1.165, 1.54) is 24.9 Å². The molecule has 0 amide bonds. The van der Waals surface area contributed by atoms with E-state index >= 15 is 0 Å². The smallest absolute Gasteiger partial charge is 0.252 e. The van der Waals surface area contributed by atoms with E-state index in [-0.39, 0.29) is 12.5 Å². The zero-order valence-corrected chi connectivity index (χ0v) is 8.46. The maximum absolute atomic E-state index is 13.1. The third-order valence-electron chi connectivity index (χ3n) is 2.30. The van der Waals surface area contributed by atoms with Crippen LogP contribution in [0, 0.1) is 5.41 Å². The predicted octanol–water partition coefficient (Wildman–Crippen LogP) is 1.54. The highest BCUT2D eigenvalue weighted by Gasteiger charge is 2.42. The normalized spacial score (nSPS) is 13.2. The molecule has 0 atom stereocenters. The third kappa shape index (κ3) is 2.18. The second kappa shape index (κ2) is 3.18. The number of nitrogens with zero attached hydrogens (tertiary/aromatic N) is 3. The molecule has 80 valence electrons. The fourth-order valence-corrected chi connectivity index (χ4v) is 0.929. The van der Waals surface area contributed by atoms with Gasteiger partial charge in [0.25, 0.3) is 5.92 Å². The van der Waals surface area contributed by atoms with Crippen molar-refractivity contribution in [3.8, 4) is 0 Å². The monoisotopic (exact) mass is 204 g/mol. The van der Waals surface area contributed by atoms with Gasteiger partial charge in [-0.2, -0.15) is 0 Å². The Kier molecular flexibility index (Phi) is 2.47. The lowest BCUT2D eigenvalue weighted by Gasteiger charge is -2.30. The van der Waals surface area contributed by atoms with Crippen molar-refractivity contribution in [2.75, 3.05) is 5.73 Å². The number of halogens is 2. The summed E-state index contributed by atoms with van der Waals surface area (Å²) in [5.74, 6) is -2.67. The number of alkyl halides is 2. The van der Waals surface area contributed by atoms with Crippen molar-refractivity contribution in [1.82, 2.24) is 14.8 Å². The molecular formula is C8H14F2N4. The largest absolute Gasteiger partial charge is 0.367 e. The van der Waals surface area contributed by atoms with Crippen LogP contribution in [0.4, 0.5) is 14.7 Å². The van der Waals surface area contributed by atoms with Crippen molar-refractivity contribution < 1.29 is 8.78 Å². The van der Waals surface area contributed by atoms with Crippen LogP contribution >= 0.6 is 0 Å². The van der Waals surface area contributed by atoms with E-state index in [9.17, 15) is 8.78 Å². The second-order valence-electron chi connectivity index (χ2n) is 4.07. The maximum atomic E-state index is 13.1. The van der Waals surface area contributed by atoms with Gasteiger partial charge in [-0.3, -0.25) is 4.68 Å². The number of anilines is 1. The van der Waals surface area contributed by atoms with Gasteiger partial charge in [0.15, 0.2) is 0 Å². The zero-order valence-electron chi connectivity index (χ0n) is 8.46. The first-order chi connectivity index (χ1) is 6.22. The van der Waals surface area contributed by atoms with Crippen LogP contribution in [-0.4, -0.2) is 20.7 Å². The van der Waals surface area contributed by atoms with Crippen LogP contribution < -0.4 is 5.73 Å². The van der Waals surface area contributed by atoms with Crippen molar-refractivity contribution in [2.24, 2.45) is 5.41 Å². The van der Waals surface area contributed by atoms with Gasteiger partial charge in [-0.1, -0.05) is 13.8 Å². The summed E-state index contributed by atoms with van der Waals surface area (Å²) in [6.45, 7) is 3.93. The molecule has 2 N–H and O–H groups in total. The second-order valence-corrected chi connectivity index (χ2v) is 4.07. The topological polar surface area (TPSA) is 56.7 Å². The Bertz CT molecular complexity index is 313. The Morgan fingerprint density at radius 3 is 2.36 bits per heavy atom. The van der Waals surface area contributed by atoms with Gasteiger partial charge in [-0.05, 0) is 6.92 Å². The van der Waals surface area contributed by atoms with Gasteiger partial charge in [-0.25, -0.2) is 13.8 Å². The molecule has 0 aliphatic rings. The molecule has 1 aromatic heterocycles. The van der Waals surface area contributed by atoms with E-state index in [1.54, 1.807) is 0 Å². The molecule has 0 fully saturated rings. The minimum atomic E-state index is -2.77. The van der Waals surface area contributed by atoms with Gasteiger partial charge in [0.2, 0.25) is 5.95 Å². The molecule has 0 unspecified atom stereocenters. The highest BCUT2D eigenvalue weighted by molar-refractivity contribution is 5.09. The van der Waals surface area contributed by atoms with E-state index in [2.05, 4.69) is 10.1 Å². The molecule has 0 spiro atoms. The van der Waals surface area contributed by atoms with Crippen molar-refractivity contribution in [1.29, 1.82) is 0 Å². The Labute approximate surface area is 81.1 Å². The van der Waals surface area contributed by atoms with Crippen molar-refractivity contribution >= 4 is 5.95 Å². The molecule has 1 rings (SSSR count). The predicted molar refractivity (Wildman–Crippen MR) is 48.8 cm³/mol. The Morgan fingerprint density at radius 2 is 2.00 bits per heavy atom. The van der Waals surface area contributed by atoms with Crippen molar-refractivity contribution in [3.63, 3.8) is 0 Å². The Morgan fingerprint density at radius 1 is 1.43 bits per heavy atom. The number of aromatic nitrogens is 3. The van der Waals surface area contributed by atoms with Crippen LogP contribution in [0.5, 0.6) is 0 Å². The molecule has 0 saturated carbocycles. The van der Waals surface area contributed by atoms with E-state index in [0.717, 1.165) is 6.92 Å². The van der Waals surface area contributed by atoms with Gasteiger partial charge < -0.3 is 5.73 Å². The summed E-state index contributed by atoms with van der Waals surface area (Å²) >= 11 is 0. The molecular weight excluding hydrogens is 190 g/mol. The molecule has 0 bridgehead atoms. The zero-order chi connectivity index (χ0) is 11.0. The first-order valence-electron chi connectivity index (χ1n) is 4.25. The SMILES string of the molecule is CC(F)(F)C(C)(C)Cn1cnc(N)n1. The molecule has 0 aliphatic heterocycles. The summed E-state index contributed by atoms with van der Waals surface area (Å²) in [6, 6.07) is 0. The van der Waals surface area contributed by atoms with Crippen LogP contribution in [-0.2, 0) is 6.54 Å². The van der Waals surface area contributed by atoms with Gasteiger partial charge in [0, 0.05) is 5.41 Å². The summed E-state index contributed by atoms with van der Waals surface area (Å²) in [4.78, 5) is 3.67. The Hall–Kier alpha value is -1.20. The van der Waals surface area contributed by atoms with Gasteiger partial charge in [-0.15, -0.1) is 5.10 Å². The van der Waals surface area contributed by atoms with Gasteiger partial charge in [0.05, 0.1) is 6.54 Å². The fourth-order valence-electron chi connectivity index (χ4n) is 0.929. The maximum Gasteiger partial charge on any atom is 0.252 e. The molecule has 1 heterocycles. The molecule has 4 nitrogen and oxygen atoms in total. The van der Waals surface area contributed by atoms with Gasteiger partial charge >= 0.3 is 0 Å². The molecule has 0 aromatic carbocycles. The lowest BCUT2D eigenvalue weighted by molar-refractivity contribution is -0.0973. The van der Waals surface area contributed by atoms with Crippen molar-refractivity contribution in [2.45, 2.75) is 33.2 Å². The number of nitrogen functional groups attached to an aromatic ring is 1. The van der Waals surface area contributed by atoms with Crippen LogP contribution in [0.25, 0.3) is 0 Å². The summed E-state index contributed by atoms with van der Waals surface area (Å²) in [6.07, 6.45) is 1.35. The lowest BCUT2D eigenvalue weighted by Crippen LogP contribution is -2.37. The van der Waals surface area contributed by atoms with Crippen LogP contribution in [0.1, 0.15) is 20.8 Å². The molecule has 0 radical (unpaired) electrons. The summed E-state index contributed by atoms with van der Waals surface area (Å²) in [7, 11) is 0. The van der Waals surface area contributed by atoms with E-state index in [1.807, 2.05) is 0 Å². The lowest BCUT2D eigenvalue weighted by atomic mass is 9.86. The minimum absolute atomic E-state index is 0.0840. The molecule has 6 heteroatoms. The van der Waals surface area contributed by atoms with E-state index < -0.39 is 11.3 Å². The number of hydrogen-bond donors (Lipinski definition) is 1. The third-order valence-corrected chi connectivity index (χ3v) is 2.30. The summed E-state index contributed by atoms with van der Waals surface area (Å²) in [5, 5.41) is 3.76. The number of rotatable bonds is 3. The molecule has 14 heavy (non-hydrogen) atoms. The quantitative estimate of drug-likeness (QED) is 0.812. The number of hydrogen-bond acceptors (Lipinski definition) is 3. The Balaban J connectivity index is 2.78. The standard InChI is InChI=1S/C8H14F2N4/c1-7(2,8(3,9)10)4-14-5-12-6(11)13-14/h5H,4H2,1-3H3,(H2,11,13). The summed E-state index contributed by atoms with van der Waals surface area (Å²) < 4.78 is 27.5. The minimum Gasteiger partial charge on any atom is -0.367 e. The van der Waals surface area contributed by atoms with Crippen LogP contribution in [0.15, 0.2) is 6.33 Å². The average molecular weight is 204 g/mol. The van der Waals surface area contributed by atoms with Crippen molar-refractivity contribution in [3.05, 3.63) is 6.33 Å². The molecule has 0 aliphatic carbocycles. The first kappa shape index (κ1) is 10.9. The van der Waals surface area contributed by atoms with E-state index in [0.29, 0.717) is 0 Å².